The zero-order valence-electron chi connectivity index (χ0n) is 24.6. The van der Waals surface area contributed by atoms with Crippen molar-refractivity contribution >= 4 is 33.2 Å². The molecule has 9 heteroatoms. The van der Waals surface area contributed by atoms with Crippen LogP contribution in [0.2, 0.25) is 0 Å². The van der Waals surface area contributed by atoms with E-state index >= 15 is 0 Å². The number of halogens is 1. The summed E-state index contributed by atoms with van der Waals surface area (Å²) in [7, 11) is -3.93. The highest BCUT2D eigenvalue weighted by atomic mass is 35.5. The number of nitrogens with one attached hydrogen (secondary N) is 1. The second-order valence-electron chi connectivity index (χ2n) is 13.0. The second-order valence-corrected chi connectivity index (χ2v) is 15.8. The Morgan fingerprint density at radius 2 is 1.93 bits per heavy atom. The molecule has 7 nitrogen and oxygen atoms in total. The average Bonchev–Trinajstić information content (AvgIpc) is 2.93. The van der Waals surface area contributed by atoms with Crippen molar-refractivity contribution in [1.29, 1.82) is 0 Å². The number of hydrogen-bond acceptors (Lipinski definition) is 6. The number of carbonyl (C=O) groups is 1. The lowest BCUT2D eigenvalue weighted by Crippen LogP contribution is -2.45. The van der Waals surface area contributed by atoms with E-state index in [4.69, 9.17) is 16.3 Å². The number of sulfonamides is 1. The fourth-order valence-electron chi connectivity index (χ4n) is 6.79. The van der Waals surface area contributed by atoms with Crippen molar-refractivity contribution in [2.24, 2.45) is 17.8 Å². The number of amides is 1. The lowest BCUT2D eigenvalue weighted by atomic mass is 9.69. The molecule has 5 rings (SSSR count). The smallest absolute Gasteiger partial charge is 0.264 e. The summed E-state index contributed by atoms with van der Waals surface area (Å²) in [4.78, 5) is 15.6. The first kappa shape index (κ1) is 30.4. The zero-order chi connectivity index (χ0) is 29.4. The molecule has 0 radical (unpaired) electrons. The molecule has 0 spiro atoms. The van der Waals surface area contributed by atoms with Crippen molar-refractivity contribution in [3.05, 3.63) is 47.1 Å². The van der Waals surface area contributed by atoms with Crippen molar-refractivity contribution in [2.45, 2.75) is 94.8 Å². The third-order valence-corrected chi connectivity index (χ3v) is 12.5. The number of carbonyl (C=O) groups excluding carboxylic acids is 1. The van der Waals surface area contributed by atoms with Gasteiger partial charge in [-0.15, -0.1) is 11.6 Å². The minimum atomic E-state index is -3.93. The number of nitrogens with zero attached hydrogens (tertiary/aromatic N) is 1. The second kappa shape index (κ2) is 12.3. The summed E-state index contributed by atoms with van der Waals surface area (Å²) < 4.78 is 34.2. The Kier molecular flexibility index (Phi) is 9.12. The van der Waals surface area contributed by atoms with Gasteiger partial charge in [0, 0.05) is 18.7 Å². The van der Waals surface area contributed by atoms with Gasteiger partial charge in [0.1, 0.15) is 12.4 Å². The molecule has 4 aliphatic rings. The molecular formula is C32H45ClN2O5S. The SMILES string of the molecule is CC1C2=C(C=CC1Cl)COc1ccc3cc1N(CCCC2)C[C@@H]1CC[C@H]1[C@@H](O)CCCCC(C)(C)S(=O)(=O)NC3=O. The zero-order valence-corrected chi connectivity index (χ0v) is 26.1. The molecule has 226 valence electrons. The number of allylic oxidation sites excluding steroid dienone is 2. The highest BCUT2D eigenvalue weighted by molar-refractivity contribution is 7.91. The van der Waals surface area contributed by atoms with Gasteiger partial charge in [-0.25, -0.2) is 13.1 Å². The highest BCUT2D eigenvalue weighted by Gasteiger charge is 2.39. The van der Waals surface area contributed by atoms with Crippen LogP contribution in [-0.4, -0.2) is 55.4 Å². The Morgan fingerprint density at radius 1 is 1.12 bits per heavy atom. The maximum absolute atomic E-state index is 13.3. The first-order chi connectivity index (χ1) is 19.5. The van der Waals surface area contributed by atoms with Crippen LogP contribution in [0.25, 0.3) is 0 Å². The number of hydrogen-bond donors (Lipinski definition) is 2. The van der Waals surface area contributed by atoms with E-state index in [1.807, 2.05) is 6.08 Å². The van der Waals surface area contributed by atoms with Gasteiger partial charge in [-0.3, -0.25) is 4.79 Å². The van der Waals surface area contributed by atoms with Gasteiger partial charge in [-0.1, -0.05) is 37.5 Å². The van der Waals surface area contributed by atoms with Crippen LogP contribution in [0.15, 0.2) is 41.5 Å². The molecule has 1 saturated carbocycles. The van der Waals surface area contributed by atoms with E-state index in [9.17, 15) is 18.3 Å². The van der Waals surface area contributed by atoms with Gasteiger partial charge in [0.05, 0.1) is 21.9 Å². The molecule has 2 aliphatic heterocycles. The summed E-state index contributed by atoms with van der Waals surface area (Å²) >= 11 is 6.59. The van der Waals surface area contributed by atoms with Crippen LogP contribution in [-0.2, 0) is 10.0 Å². The van der Waals surface area contributed by atoms with Gasteiger partial charge in [-0.05, 0) is 100 Å². The molecule has 2 bridgehead atoms. The average molecular weight is 605 g/mol. The summed E-state index contributed by atoms with van der Waals surface area (Å²) in [6, 6.07) is 5.23. The van der Waals surface area contributed by atoms with Crippen molar-refractivity contribution in [3.63, 3.8) is 0 Å². The van der Waals surface area contributed by atoms with Gasteiger partial charge >= 0.3 is 0 Å². The molecule has 2 aliphatic carbocycles. The molecule has 1 fully saturated rings. The molecule has 2 heterocycles. The molecule has 1 aromatic carbocycles. The number of ether oxygens (including phenoxy) is 1. The number of anilines is 1. The first-order valence-corrected chi connectivity index (χ1v) is 17.2. The van der Waals surface area contributed by atoms with E-state index in [0.717, 1.165) is 62.9 Å². The Bertz CT molecular complexity index is 1310. The van der Waals surface area contributed by atoms with Crippen LogP contribution in [0.1, 0.15) is 88.9 Å². The largest absolute Gasteiger partial charge is 0.487 e. The number of rotatable bonds is 0. The van der Waals surface area contributed by atoms with Crippen LogP contribution in [0.5, 0.6) is 5.75 Å². The Balaban J connectivity index is 1.52. The molecule has 1 amide bonds. The molecule has 2 unspecified atom stereocenters. The number of aliphatic hydroxyl groups excluding tert-OH is 1. The quantitative estimate of drug-likeness (QED) is 0.355. The van der Waals surface area contributed by atoms with E-state index in [1.54, 1.807) is 32.0 Å². The van der Waals surface area contributed by atoms with Crippen molar-refractivity contribution in [1.82, 2.24) is 4.72 Å². The molecule has 2 N–H and O–H groups in total. The number of benzene rings is 1. The van der Waals surface area contributed by atoms with Crippen LogP contribution >= 0.6 is 11.6 Å². The Morgan fingerprint density at radius 3 is 2.68 bits per heavy atom. The molecule has 0 aromatic heterocycles. The number of fused-ring (bicyclic) bond motifs is 2. The van der Waals surface area contributed by atoms with Crippen LogP contribution < -0.4 is 14.4 Å². The number of alkyl halides is 1. The predicted octanol–water partition coefficient (Wildman–Crippen LogP) is 5.96. The fraction of sp³-hybridized carbons (Fsp3) is 0.656. The number of aliphatic hydroxyl groups is 1. The third-order valence-electron chi connectivity index (χ3n) is 9.90. The minimum absolute atomic E-state index is 0.0250. The van der Waals surface area contributed by atoms with E-state index in [1.165, 1.54) is 5.57 Å². The van der Waals surface area contributed by atoms with Crippen LogP contribution in [0, 0.1) is 17.8 Å². The van der Waals surface area contributed by atoms with Crippen molar-refractivity contribution in [2.75, 3.05) is 24.6 Å². The van der Waals surface area contributed by atoms with Gasteiger partial charge in [-0.2, -0.15) is 0 Å². The molecule has 41 heavy (non-hydrogen) atoms. The lowest BCUT2D eigenvalue weighted by Gasteiger charge is -2.43. The monoisotopic (exact) mass is 604 g/mol. The van der Waals surface area contributed by atoms with Crippen molar-refractivity contribution in [3.8, 4) is 5.75 Å². The topological polar surface area (TPSA) is 95.9 Å². The summed E-state index contributed by atoms with van der Waals surface area (Å²) in [5.74, 6) is 0.881. The van der Waals surface area contributed by atoms with Crippen LogP contribution in [0.4, 0.5) is 5.69 Å². The van der Waals surface area contributed by atoms with Crippen molar-refractivity contribution < 1.29 is 23.1 Å². The molecule has 5 atom stereocenters. The molecule has 0 saturated heterocycles. The van der Waals surface area contributed by atoms with Crippen LogP contribution in [0.3, 0.4) is 0 Å². The van der Waals surface area contributed by atoms with E-state index in [-0.39, 0.29) is 23.3 Å². The van der Waals surface area contributed by atoms with Gasteiger partial charge < -0.3 is 14.7 Å². The summed E-state index contributed by atoms with van der Waals surface area (Å²) in [5.41, 5.74) is 3.59. The predicted molar refractivity (Wildman–Crippen MR) is 164 cm³/mol. The third kappa shape index (κ3) is 6.50. The van der Waals surface area contributed by atoms with E-state index < -0.39 is 20.7 Å². The normalized spacial score (nSPS) is 32.4. The Hall–Kier alpha value is -2.03. The molecular weight excluding hydrogens is 560 g/mol. The summed E-state index contributed by atoms with van der Waals surface area (Å²) in [6.45, 7) is 7.44. The van der Waals surface area contributed by atoms with E-state index in [2.05, 4.69) is 22.6 Å². The van der Waals surface area contributed by atoms with Gasteiger partial charge in [0.15, 0.2) is 0 Å². The fourth-order valence-corrected chi connectivity index (χ4v) is 8.07. The van der Waals surface area contributed by atoms with Gasteiger partial charge in [0.25, 0.3) is 5.91 Å². The maximum atomic E-state index is 13.3. The van der Waals surface area contributed by atoms with Gasteiger partial charge in [0.2, 0.25) is 10.0 Å². The summed E-state index contributed by atoms with van der Waals surface area (Å²) in [6.07, 6.45) is 11.2. The van der Waals surface area contributed by atoms with E-state index in [0.29, 0.717) is 43.1 Å². The summed E-state index contributed by atoms with van der Waals surface area (Å²) in [5, 5.41) is 11.1. The standard InChI is InChI=1S/C32H45ClN2O5S/c1-21-25-8-5-7-17-35-19-23-10-13-26(23)29(36)9-4-6-16-32(2,3)41(38,39)34-31(37)22-12-15-30(28(35)18-22)40-20-24(25)11-14-27(21)33/h11-12,14-15,18,21,23,26-27,29,36H,4-10,13,16-17,19-20H2,1-3H3,(H,34,37)/t21?,23-,26+,27?,29-/m0/s1. The molecule has 1 aromatic rings. The maximum Gasteiger partial charge on any atom is 0.264 e. The highest BCUT2D eigenvalue weighted by Crippen LogP contribution is 2.42. The Labute approximate surface area is 250 Å². The minimum Gasteiger partial charge on any atom is -0.487 e. The lowest BCUT2D eigenvalue weighted by molar-refractivity contribution is 0.00927. The first-order valence-electron chi connectivity index (χ1n) is 15.3.